The van der Waals surface area contributed by atoms with Gasteiger partial charge in [0.15, 0.2) is 0 Å². The zero-order valence-corrected chi connectivity index (χ0v) is 18.5. The van der Waals surface area contributed by atoms with E-state index in [1.54, 1.807) is 0 Å². The number of rotatable bonds is 6. The number of hydrogen-bond acceptors (Lipinski definition) is 5. The van der Waals surface area contributed by atoms with Gasteiger partial charge in [0.05, 0.1) is 35.4 Å². The van der Waals surface area contributed by atoms with Crippen LogP contribution in [0, 0.1) is 11.3 Å². The third-order valence-electron chi connectivity index (χ3n) is 5.33. The minimum absolute atomic E-state index is 0.180. The number of ether oxygens (including phenoxy) is 1. The van der Waals surface area contributed by atoms with E-state index in [1.165, 1.54) is 28.6 Å². The Labute approximate surface area is 186 Å². The van der Waals surface area contributed by atoms with Gasteiger partial charge in [-0.1, -0.05) is 23.7 Å². The highest BCUT2D eigenvalue weighted by Gasteiger charge is 2.31. The van der Waals surface area contributed by atoms with E-state index in [4.69, 9.17) is 21.6 Å². The van der Waals surface area contributed by atoms with Gasteiger partial charge in [-0.15, -0.1) is 0 Å². The van der Waals surface area contributed by atoms with Crippen LogP contribution in [-0.2, 0) is 48.0 Å². The minimum Gasteiger partial charge on any atom is -0.370 e. The summed E-state index contributed by atoms with van der Waals surface area (Å²) in [5, 5.41) is 14.2. The Bertz CT molecular complexity index is 1230. The summed E-state index contributed by atoms with van der Waals surface area (Å²) in [6, 6.07) is 15.4. The molecule has 0 spiro atoms. The van der Waals surface area contributed by atoms with Gasteiger partial charge in [0.2, 0.25) is 10.0 Å². The molecule has 0 radical (unpaired) electrons. The molecule has 9 heteroatoms. The van der Waals surface area contributed by atoms with Gasteiger partial charge >= 0.3 is 0 Å². The number of benzene rings is 2. The maximum atomic E-state index is 13.1. The van der Waals surface area contributed by atoms with E-state index in [0.717, 1.165) is 22.5 Å². The lowest BCUT2D eigenvalue weighted by molar-refractivity contribution is 0.103. The average molecular weight is 457 g/mol. The Morgan fingerprint density at radius 1 is 1.13 bits per heavy atom. The first-order valence-corrected chi connectivity index (χ1v) is 11.6. The molecule has 2 heterocycles. The summed E-state index contributed by atoms with van der Waals surface area (Å²) in [4.78, 5) is 0.180. The van der Waals surface area contributed by atoms with Gasteiger partial charge in [0.1, 0.15) is 0 Å². The van der Waals surface area contributed by atoms with Gasteiger partial charge in [-0.3, -0.25) is 4.68 Å². The maximum Gasteiger partial charge on any atom is 0.243 e. The third-order valence-corrected chi connectivity index (χ3v) is 7.44. The van der Waals surface area contributed by atoms with Crippen molar-refractivity contribution < 1.29 is 13.2 Å². The van der Waals surface area contributed by atoms with Crippen molar-refractivity contribution in [3.05, 3.63) is 81.6 Å². The molecule has 1 aliphatic rings. The van der Waals surface area contributed by atoms with Crippen LogP contribution < -0.4 is 0 Å². The zero-order valence-electron chi connectivity index (χ0n) is 17.0. The van der Waals surface area contributed by atoms with Crippen molar-refractivity contribution in [2.24, 2.45) is 7.05 Å². The molecule has 0 unspecified atom stereocenters. The maximum absolute atomic E-state index is 13.1. The summed E-state index contributed by atoms with van der Waals surface area (Å²) in [5.41, 5.74) is 4.08. The summed E-state index contributed by atoms with van der Waals surface area (Å²) in [7, 11) is -1.80. The summed E-state index contributed by atoms with van der Waals surface area (Å²) >= 11 is 5.91. The fraction of sp³-hybridized carbons (Fsp3) is 0.273. The summed E-state index contributed by atoms with van der Waals surface area (Å²) in [5.74, 6) is 0. The molecular weight excluding hydrogens is 436 g/mol. The molecule has 7 nitrogen and oxygen atoms in total. The van der Waals surface area contributed by atoms with Gasteiger partial charge in [0.25, 0.3) is 0 Å². The van der Waals surface area contributed by atoms with Gasteiger partial charge < -0.3 is 4.74 Å². The van der Waals surface area contributed by atoms with Crippen molar-refractivity contribution in [3.63, 3.8) is 0 Å². The molecule has 3 aromatic rings. The van der Waals surface area contributed by atoms with Crippen LogP contribution in [0.5, 0.6) is 0 Å². The van der Waals surface area contributed by atoms with E-state index in [1.807, 2.05) is 42.1 Å². The Hall–Kier alpha value is -2.70. The molecular formula is C22H21ClN4O3S. The zero-order chi connectivity index (χ0) is 22.0. The molecule has 160 valence electrons. The number of aromatic nitrogens is 2. The molecule has 31 heavy (non-hydrogen) atoms. The number of hydrogen-bond donors (Lipinski definition) is 0. The van der Waals surface area contributed by atoms with Crippen LogP contribution in [-0.4, -0.2) is 29.0 Å². The number of nitriles is 1. The smallest absolute Gasteiger partial charge is 0.243 e. The Kier molecular flexibility index (Phi) is 6.12. The van der Waals surface area contributed by atoms with E-state index in [9.17, 15) is 8.42 Å². The van der Waals surface area contributed by atoms with Crippen molar-refractivity contribution in [1.29, 1.82) is 5.26 Å². The fourth-order valence-electron chi connectivity index (χ4n) is 3.66. The second kappa shape index (κ2) is 8.81. The number of halogens is 1. The molecule has 0 N–H and O–H groups in total. The lowest BCUT2D eigenvalue weighted by Gasteiger charge is -2.27. The molecule has 0 bridgehead atoms. The summed E-state index contributed by atoms with van der Waals surface area (Å²) in [6.07, 6.45) is 0.575. The normalized spacial score (nSPS) is 14.2. The van der Waals surface area contributed by atoms with Crippen molar-refractivity contribution >= 4 is 21.6 Å². The van der Waals surface area contributed by atoms with Crippen molar-refractivity contribution in [1.82, 2.24) is 14.1 Å². The van der Waals surface area contributed by atoms with E-state index in [2.05, 4.69) is 5.10 Å². The Balaban J connectivity index is 1.50. The first kappa shape index (κ1) is 21.5. The minimum atomic E-state index is -3.67. The molecule has 2 aromatic carbocycles. The lowest BCUT2D eigenvalue weighted by Crippen LogP contribution is -2.36. The Morgan fingerprint density at radius 3 is 2.52 bits per heavy atom. The van der Waals surface area contributed by atoms with E-state index >= 15 is 0 Å². The third kappa shape index (κ3) is 4.50. The molecule has 0 atom stereocenters. The molecule has 0 saturated carbocycles. The van der Waals surface area contributed by atoms with Crippen LogP contribution in [0.25, 0.3) is 0 Å². The SMILES string of the molecule is Cn1nc(COCc2ccc(Cl)cc2)c2c1CCN(S(=O)(=O)c1ccc(C#N)cc1)C2. The van der Waals surface area contributed by atoms with Crippen LogP contribution in [0.15, 0.2) is 53.4 Å². The van der Waals surface area contributed by atoms with E-state index in [-0.39, 0.29) is 18.0 Å². The molecule has 1 aliphatic heterocycles. The van der Waals surface area contributed by atoms with Crippen molar-refractivity contribution in [3.8, 4) is 6.07 Å². The van der Waals surface area contributed by atoms with Crippen LogP contribution in [0.3, 0.4) is 0 Å². The highest BCUT2D eigenvalue weighted by molar-refractivity contribution is 7.89. The molecule has 0 saturated heterocycles. The van der Waals surface area contributed by atoms with Gasteiger partial charge in [-0.05, 0) is 42.0 Å². The fourth-order valence-corrected chi connectivity index (χ4v) is 5.20. The van der Waals surface area contributed by atoms with E-state index < -0.39 is 10.0 Å². The van der Waals surface area contributed by atoms with Crippen LogP contribution in [0.2, 0.25) is 5.02 Å². The van der Waals surface area contributed by atoms with Gasteiger partial charge in [-0.2, -0.15) is 14.7 Å². The van der Waals surface area contributed by atoms with E-state index in [0.29, 0.717) is 30.2 Å². The monoisotopic (exact) mass is 456 g/mol. The predicted octanol–water partition coefficient (Wildman–Crippen LogP) is 3.41. The molecule has 0 amide bonds. The predicted molar refractivity (Wildman–Crippen MR) is 116 cm³/mol. The number of nitrogens with zero attached hydrogens (tertiary/aromatic N) is 4. The number of sulfonamides is 1. The van der Waals surface area contributed by atoms with Gasteiger partial charge in [0, 0.05) is 42.8 Å². The Morgan fingerprint density at radius 2 is 1.84 bits per heavy atom. The van der Waals surface area contributed by atoms with Crippen molar-refractivity contribution in [2.45, 2.75) is 31.1 Å². The molecule has 1 aromatic heterocycles. The standard InChI is InChI=1S/C22H21ClN4O3S/c1-26-22-10-11-27(31(28,29)19-8-4-16(12-24)5-9-19)13-20(22)21(25-26)15-30-14-17-2-6-18(23)7-3-17/h2-9H,10-11,13-15H2,1H3. The van der Waals surface area contributed by atoms with Crippen LogP contribution in [0.1, 0.15) is 28.1 Å². The molecule has 0 aliphatic carbocycles. The average Bonchev–Trinajstić information content (AvgIpc) is 3.10. The van der Waals surface area contributed by atoms with Crippen LogP contribution in [0.4, 0.5) is 0 Å². The van der Waals surface area contributed by atoms with Crippen molar-refractivity contribution in [2.75, 3.05) is 6.54 Å². The molecule has 4 rings (SSSR count). The molecule has 0 fully saturated rings. The summed E-state index contributed by atoms with van der Waals surface area (Å²) in [6.45, 7) is 1.32. The summed E-state index contributed by atoms with van der Waals surface area (Å²) < 4.78 is 35.3. The second-order valence-corrected chi connectivity index (χ2v) is 9.71. The first-order valence-electron chi connectivity index (χ1n) is 9.74. The number of aryl methyl sites for hydroxylation is 1. The largest absolute Gasteiger partial charge is 0.370 e. The number of fused-ring (bicyclic) bond motifs is 1. The quantitative estimate of drug-likeness (QED) is 0.567. The highest BCUT2D eigenvalue weighted by atomic mass is 35.5. The lowest BCUT2D eigenvalue weighted by atomic mass is 10.1. The highest BCUT2D eigenvalue weighted by Crippen LogP contribution is 2.27. The second-order valence-electron chi connectivity index (χ2n) is 7.34. The first-order chi connectivity index (χ1) is 14.9. The van der Waals surface area contributed by atoms with Crippen LogP contribution >= 0.6 is 11.6 Å². The van der Waals surface area contributed by atoms with Gasteiger partial charge in [-0.25, -0.2) is 8.42 Å². The topological polar surface area (TPSA) is 88.2 Å².